The Morgan fingerprint density at radius 3 is 2.11 bits per heavy atom. The molecule has 3 aromatic carbocycles. The van der Waals surface area contributed by atoms with Crippen LogP contribution in [0.2, 0.25) is 0 Å². The first-order valence-corrected chi connectivity index (χ1v) is 12.2. The molecule has 3 aromatic rings. The summed E-state index contributed by atoms with van der Waals surface area (Å²) in [6.45, 7) is 1.96. The lowest BCUT2D eigenvalue weighted by Gasteiger charge is -2.49. The van der Waals surface area contributed by atoms with Crippen molar-refractivity contribution < 1.29 is 19.1 Å². The Hall–Kier alpha value is -4.19. The molecular weight excluding hydrogens is 452 g/mol. The van der Waals surface area contributed by atoms with E-state index in [9.17, 15) is 14.4 Å². The summed E-state index contributed by atoms with van der Waals surface area (Å²) in [4.78, 5) is 40.7. The van der Waals surface area contributed by atoms with Crippen molar-refractivity contribution in [3.05, 3.63) is 114 Å². The third kappa shape index (κ3) is 6.08. The van der Waals surface area contributed by atoms with E-state index in [1.54, 1.807) is 6.92 Å². The zero-order valence-corrected chi connectivity index (χ0v) is 20.2. The van der Waals surface area contributed by atoms with Crippen molar-refractivity contribution in [3.8, 4) is 0 Å². The van der Waals surface area contributed by atoms with Crippen molar-refractivity contribution in [2.75, 3.05) is 6.61 Å². The number of ether oxygens (including phenoxy) is 1. The van der Waals surface area contributed by atoms with Crippen LogP contribution >= 0.6 is 0 Å². The third-order valence-electron chi connectivity index (χ3n) is 6.16. The van der Waals surface area contributed by atoms with Gasteiger partial charge in [-0.25, -0.2) is 4.79 Å². The SMILES string of the molecule is CCOC(=O)C(Cc1ccccc1)N1C(=O)C(NC(=O)Cc2ccccc2)C1/C=C/c1ccccc1. The average Bonchev–Trinajstić information content (AvgIpc) is 2.90. The molecule has 1 heterocycles. The summed E-state index contributed by atoms with van der Waals surface area (Å²) in [5.74, 6) is -0.997. The van der Waals surface area contributed by atoms with E-state index in [1.165, 1.54) is 4.90 Å². The Morgan fingerprint density at radius 2 is 1.50 bits per heavy atom. The van der Waals surface area contributed by atoms with E-state index in [-0.39, 0.29) is 24.8 Å². The van der Waals surface area contributed by atoms with Gasteiger partial charge in [-0.1, -0.05) is 103 Å². The number of likely N-dealkylation sites (tertiary alicyclic amines) is 1. The topological polar surface area (TPSA) is 75.7 Å². The number of benzene rings is 3. The first-order chi connectivity index (χ1) is 17.6. The second kappa shape index (κ2) is 12.0. The number of hydrogen-bond donors (Lipinski definition) is 1. The van der Waals surface area contributed by atoms with Crippen LogP contribution in [0.3, 0.4) is 0 Å². The highest BCUT2D eigenvalue weighted by Gasteiger charge is 2.51. The second-order valence-electron chi connectivity index (χ2n) is 8.67. The second-order valence-corrected chi connectivity index (χ2v) is 8.67. The minimum Gasteiger partial charge on any atom is -0.464 e. The van der Waals surface area contributed by atoms with Gasteiger partial charge in [0, 0.05) is 6.42 Å². The van der Waals surface area contributed by atoms with Crippen LogP contribution in [0.1, 0.15) is 23.6 Å². The lowest BCUT2D eigenvalue weighted by atomic mass is 9.89. The van der Waals surface area contributed by atoms with Crippen LogP contribution in [0.15, 0.2) is 97.1 Å². The molecule has 0 aromatic heterocycles. The molecule has 3 atom stereocenters. The predicted molar refractivity (Wildman–Crippen MR) is 139 cm³/mol. The highest BCUT2D eigenvalue weighted by Crippen LogP contribution is 2.28. The Balaban J connectivity index is 1.58. The number of hydrogen-bond acceptors (Lipinski definition) is 4. The number of carbonyl (C=O) groups is 3. The fourth-order valence-electron chi connectivity index (χ4n) is 4.40. The van der Waals surface area contributed by atoms with Crippen LogP contribution in [0, 0.1) is 0 Å². The van der Waals surface area contributed by atoms with Gasteiger partial charge in [-0.2, -0.15) is 0 Å². The minimum atomic E-state index is -0.799. The molecule has 2 amide bonds. The van der Waals surface area contributed by atoms with E-state index >= 15 is 0 Å². The van der Waals surface area contributed by atoms with E-state index in [2.05, 4.69) is 5.32 Å². The van der Waals surface area contributed by atoms with Crippen LogP contribution < -0.4 is 5.32 Å². The van der Waals surface area contributed by atoms with Crippen LogP contribution in [-0.2, 0) is 32.0 Å². The molecule has 0 spiro atoms. The summed E-state index contributed by atoms with van der Waals surface area (Å²) in [6, 6.07) is 26.6. The van der Waals surface area contributed by atoms with Gasteiger partial charge < -0.3 is 15.0 Å². The lowest BCUT2D eigenvalue weighted by Crippen LogP contribution is -2.73. The monoisotopic (exact) mass is 482 g/mol. The van der Waals surface area contributed by atoms with Crippen LogP contribution in [-0.4, -0.2) is 47.4 Å². The normalized spacial score (nSPS) is 17.9. The molecule has 1 aliphatic heterocycles. The summed E-state index contributed by atoms with van der Waals surface area (Å²) < 4.78 is 5.34. The van der Waals surface area contributed by atoms with Crippen LogP contribution in [0.4, 0.5) is 0 Å². The van der Waals surface area contributed by atoms with Crippen LogP contribution in [0.5, 0.6) is 0 Å². The van der Waals surface area contributed by atoms with E-state index in [4.69, 9.17) is 4.74 Å². The average molecular weight is 483 g/mol. The maximum Gasteiger partial charge on any atom is 0.329 e. The lowest BCUT2D eigenvalue weighted by molar-refractivity contribution is -0.166. The molecular formula is C30H30N2O4. The molecule has 1 saturated heterocycles. The van der Waals surface area contributed by atoms with Gasteiger partial charge >= 0.3 is 5.97 Å². The van der Waals surface area contributed by atoms with Gasteiger partial charge in [0.2, 0.25) is 11.8 Å². The van der Waals surface area contributed by atoms with Crippen LogP contribution in [0.25, 0.3) is 6.08 Å². The molecule has 184 valence electrons. The molecule has 6 nitrogen and oxygen atoms in total. The molecule has 1 fully saturated rings. The van der Waals surface area contributed by atoms with Crippen molar-refractivity contribution in [1.82, 2.24) is 10.2 Å². The number of amides is 2. The molecule has 0 bridgehead atoms. The van der Waals surface area contributed by atoms with Crippen molar-refractivity contribution >= 4 is 23.9 Å². The first kappa shape index (κ1) is 24.9. The summed E-state index contributed by atoms with van der Waals surface area (Å²) in [6.07, 6.45) is 4.28. The number of esters is 1. The Kier molecular flexibility index (Phi) is 8.29. The van der Waals surface area contributed by atoms with Gasteiger partial charge in [0.1, 0.15) is 12.1 Å². The summed E-state index contributed by atoms with van der Waals surface area (Å²) in [5, 5.41) is 2.89. The third-order valence-corrected chi connectivity index (χ3v) is 6.16. The number of β-lactam (4-membered cyclic amide) rings is 1. The van der Waals surface area contributed by atoms with Crippen molar-refractivity contribution in [2.24, 2.45) is 0 Å². The van der Waals surface area contributed by atoms with Crippen molar-refractivity contribution in [1.29, 1.82) is 0 Å². The minimum absolute atomic E-state index is 0.172. The molecule has 0 saturated carbocycles. The van der Waals surface area contributed by atoms with Gasteiger partial charge in [-0.05, 0) is 23.6 Å². The molecule has 0 aliphatic carbocycles. The Bertz CT molecular complexity index is 1200. The van der Waals surface area contributed by atoms with Gasteiger partial charge in [0.15, 0.2) is 0 Å². The highest BCUT2D eigenvalue weighted by molar-refractivity contribution is 5.97. The number of carbonyl (C=O) groups excluding carboxylic acids is 3. The summed E-state index contributed by atoms with van der Waals surface area (Å²) in [7, 11) is 0. The quantitative estimate of drug-likeness (QED) is 0.352. The predicted octanol–water partition coefficient (Wildman–Crippen LogP) is 3.81. The zero-order valence-electron chi connectivity index (χ0n) is 20.2. The van der Waals surface area contributed by atoms with E-state index < -0.39 is 24.1 Å². The largest absolute Gasteiger partial charge is 0.464 e. The summed E-state index contributed by atoms with van der Waals surface area (Å²) >= 11 is 0. The first-order valence-electron chi connectivity index (χ1n) is 12.2. The van der Waals surface area contributed by atoms with Gasteiger partial charge in [-0.3, -0.25) is 9.59 Å². The summed E-state index contributed by atoms with van der Waals surface area (Å²) in [5.41, 5.74) is 2.75. The van der Waals surface area contributed by atoms with Gasteiger partial charge in [-0.15, -0.1) is 0 Å². The molecule has 1 aliphatic rings. The molecule has 4 rings (SSSR count). The molecule has 36 heavy (non-hydrogen) atoms. The fraction of sp³-hybridized carbons (Fsp3) is 0.233. The zero-order chi connectivity index (χ0) is 25.3. The maximum atomic E-state index is 13.4. The number of rotatable bonds is 10. The van der Waals surface area contributed by atoms with Crippen molar-refractivity contribution in [2.45, 2.75) is 37.9 Å². The van der Waals surface area contributed by atoms with Crippen molar-refractivity contribution in [3.63, 3.8) is 0 Å². The smallest absolute Gasteiger partial charge is 0.329 e. The fourth-order valence-corrected chi connectivity index (χ4v) is 4.40. The Morgan fingerprint density at radius 1 is 0.917 bits per heavy atom. The highest BCUT2D eigenvalue weighted by atomic mass is 16.5. The molecule has 0 radical (unpaired) electrons. The molecule has 3 unspecified atom stereocenters. The molecule has 6 heteroatoms. The van der Waals surface area contributed by atoms with E-state index in [0.29, 0.717) is 6.42 Å². The number of nitrogens with one attached hydrogen (secondary N) is 1. The number of nitrogens with zero attached hydrogens (tertiary/aromatic N) is 1. The Labute approximate surface area is 211 Å². The van der Waals surface area contributed by atoms with Gasteiger partial charge in [0.25, 0.3) is 0 Å². The van der Waals surface area contributed by atoms with E-state index in [0.717, 1.165) is 16.7 Å². The van der Waals surface area contributed by atoms with E-state index in [1.807, 2.05) is 103 Å². The molecule has 1 N–H and O–H groups in total. The van der Waals surface area contributed by atoms with Gasteiger partial charge in [0.05, 0.1) is 19.1 Å². The standard InChI is InChI=1S/C30H30N2O4/c1-2-36-30(35)26(20-23-14-8-4-9-15-23)32-25(19-18-22-12-6-3-7-13-22)28(29(32)34)31-27(33)21-24-16-10-5-11-17-24/h3-19,25-26,28H,2,20-21H2,1H3,(H,31,33)/b19-18+. The maximum absolute atomic E-state index is 13.4.